The fraction of sp³-hybridized carbons (Fsp3) is 0.529. The number of nitrogens with two attached hydrogens (primary N) is 1. The highest BCUT2D eigenvalue weighted by Crippen LogP contribution is 2.34. The average Bonchev–Trinajstić information content (AvgIpc) is 3.52. The van der Waals surface area contributed by atoms with Crippen molar-refractivity contribution in [3.63, 3.8) is 0 Å². The molecule has 2 fully saturated rings. The summed E-state index contributed by atoms with van der Waals surface area (Å²) in [4.78, 5) is 26.8. The predicted octanol–water partition coefficient (Wildman–Crippen LogP) is 1.03. The molecule has 154 valence electrons. The monoisotopic (exact) mass is 448 g/mol. The number of hydrogen-bond acceptors (Lipinski definition) is 5. The SMILES string of the molecule is NCCNC(=O)C1N(C(=O)C2CC2)CCCN1S(=O)(=O)c1ccc(Cl)c(Cl)c1. The van der Waals surface area contributed by atoms with Crippen molar-refractivity contribution >= 4 is 45.0 Å². The first-order valence-electron chi connectivity index (χ1n) is 9.02. The van der Waals surface area contributed by atoms with Gasteiger partial charge in [-0.15, -0.1) is 0 Å². The van der Waals surface area contributed by atoms with Crippen LogP contribution in [0.25, 0.3) is 0 Å². The van der Waals surface area contributed by atoms with Gasteiger partial charge in [-0.1, -0.05) is 23.2 Å². The van der Waals surface area contributed by atoms with Crippen LogP contribution in [-0.2, 0) is 19.6 Å². The van der Waals surface area contributed by atoms with E-state index in [4.69, 9.17) is 28.9 Å². The Kier molecular flexibility index (Phi) is 6.51. The molecular formula is C17H22Cl2N4O4S. The van der Waals surface area contributed by atoms with E-state index in [0.29, 0.717) is 13.0 Å². The van der Waals surface area contributed by atoms with Crippen LogP contribution in [0.2, 0.25) is 10.0 Å². The Balaban J connectivity index is 1.98. The van der Waals surface area contributed by atoms with Crippen LogP contribution >= 0.6 is 23.2 Å². The zero-order valence-electron chi connectivity index (χ0n) is 15.1. The summed E-state index contributed by atoms with van der Waals surface area (Å²) in [5, 5.41) is 2.93. The van der Waals surface area contributed by atoms with Crippen LogP contribution in [0, 0.1) is 5.92 Å². The van der Waals surface area contributed by atoms with Gasteiger partial charge in [-0.25, -0.2) is 8.42 Å². The minimum atomic E-state index is -4.09. The van der Waals surface area contributed by atoms with E-state index in [1.807, 2.05) is 0 Å². The Hall–Kier alpha value is -1.39. The molecule has 1 aromatic carbocycles. The molecule has 1 atom stereocenters. The standard InChI is InChI=1S/C17H22Cl2N4O4S/c18-13-5-4-12(10-14(13)19)28(26,27)23-9-1-8-22(17(25)11-2-3-11)16(23)15(24)21-7-6-20/h4-5,10-11,16H,1-3,6-9,20H2,(H,21,24). The highest BCUT2D eigenvalue weighted by atomic mass is 35.5. The van der Waals surface area contributed by atoms with E-state index in [-0.39, 0.29) is 46.4 Å². The minimum absolute atomic E-state index is 0.0840. The van der Waals surface area contributed by atoms with E-state index in [9.17, 15) is 18.0 Å². The number of rotatable bonds is 6. The lowest BCUT2D eigenvalue weighted by Gasteiger charge is -2.42. The maximum Gasteiger partial charge on any atom is 0.259 e. The number of halogens is 2. The zero-order valence-corrected chi connectivity index (χ0v) is 17.4. The molecule has 1 saturated carbocycles. The molecule has 0 aromatic heterocycles. The number of amides is 2. The van der Waals surface area contributed by atoms with Crippen LogP contribution in [0.1, 0.15) is 19.3 Å². The van der Waals surface area contributed by atoms with Crippen LogP contribution in [0.4, 0.5) is 0 Å². The topological polar surface area (TPSA) is 113 Å². The molecule has 2 aliphatic rings. The molecule has 1 aromatic rings. The quantitative estimate of drug-likeness (QED) is 0.674. The van der Waals surface area contributed by atoms with E-state index >= 15 is 0 Å². The number of hydrogen-bond donors (Lipinski definition) is 2. The minimum Gasteiger partial charge on any atom is -0.352 e. The lowest BCUT2D eigenvalue weighted by molar-refractivity contribution is -0.148. The fourth-order valence-electron chi connectivity index (χ4n) is 3.18. The van der Waals surface area contributed by atoms with E-state index in [1.54, 1.807) is 0 Å². The van der Waals surface area contributed by atoms with Gasteiger partial charge in [0.05, 0.1) is 14.9 Å². The lowest BCUT2D eigenvalue weighted by Crippen LogP contribution is -2.63. The van der Waals surface area contributed by atoms with Gasteiger partial charge in [0.25, 0.3) is 5.91 Å². The molecule has 1 aliphatic heterocycles. The van der Waals surface area contributed by atoms with Crippen LogP contribution in [0.5, 0.6) is 0 Å². The largest absolute Gasteiger partial charge is 0.352 e. The third kappa shape index (κ3) is 4.28. The van der Waals surface area contributed by atoms with Crippen LogP contribution < -0.4 is 11.1 Å². The molecule has 1 aliphatic carbocycles. The van der Waals surface area contributed by atoms with Crippen molar-refractivity contribution < 1.29 is 18.0 Å². The first kappa shape index (κ1) is 21.3. The van der Waals surface area contributed by atoms with Crippen LogP contribution in [0.15, 0.2) is 23.1 Å². The van der Waals surface area contributed by atoms with Crippen molar-refractivity contribution in [2.24, 2.45) is 11.7 Å². The summed E-state index contributed by atoms with van der Waals surface area (Å²) in [6.45, 7) is 0.817. The number of benzene rings is 1. The number of nitrogens with zero attached hydrogens (tertiary/aromatic N) is 2. The molecule has 1 saturated heterocycles. The van der Waals surface area contributed by atoms with E-state index < -0.39 is 22.1 Å². The molecule has 0 bridgehead atoms. The van der Waals surface area contributed by atoms with Crippen molar-refractivity contribution in [3.8, 4) is 0 Å². The molecule has 0 spiro atoms. The Morgan fingerprint density at radius 2 is 1.89 bits per heavy atom. The summed E-state index contributed by atoms with van der Waals surface area (Å²) in [6.07, 6.45) is 0.686. The molecule has 1 unspecified atom stereocenters. The highest BCUT2D eigenvalue weighted by Gasteiger charge is 2.46. The second kappa shape index (κ2) is 8.54. The number of nitrogens with one attached hydrogen (secondary N) is 1. The molecule has 3 rings (SSSR count). The van der Waals surface area contributed by atoms with E-state index in [2.05, 4.69) is 5.32 Å². The summed E-state index contributed by atoms with van der Waals surface area (Å²) in [7, 11) is -4.09. The predicted molar refractivity (Wildman–Crippen MR) is 105 cm³/mol. The molecule has 8 nitrogen and oxygen atoms in total. The van der Waals surface area contributed by atoms with Gasteiger partial charge in [-0.2, -0.15) is 4.31 Å². The molecule has 0 radical (unpaired) electrons. The van der Waals surface area contributed by atoms with Gasteiger partial charge in [-0.3, -0.25) is 9.59 Å². The van der Waals surface area contributed by atoms with Crippen molar-refractivity contribution in [1.29, 1.82) is 0 Å². The van der Waals surface area contributed by atoms with Gasteiger partial charge in [0.15, 0.2) is 6.17 Å². The smallest absolute Gasteiger partial charge is 0.259 e. The summed E-state index contributed by atoms with van der Waals surface area (Å²) in [5.74, 6) is -0.901. The number of sulfonamides is 1. The second-order valence-corrected chi connectivity index (χ2v) is 9.51. The molecular weight excluding hydrogens is 427 g/mol. The van der Waals surface area contributed by atoms with Crippen LogP contribution in [0.3, 0.4) is 0 Å². The third-order valence-electron chi connectivity index (χ3n) is 4.73. The number of carbonyl (C=O) groups excluding carboxylic acids is 2. The molecule has 28 heavy (non-hydrogen) atoms. The van der Waals surface area contributed by atoms with Crippen molar-refractivity contribution in [2.45, 2.75) is 30.3 Å². The van der Waals surface area contributed by atoms with E-state index in [1.165, 1.54) is 23.1 Å². The zero-order chi connectivity index (χ0) is 20.5. The van der Waals surface area contributed by atoms with Crippen molar-refractivity contribution in [3.05, 3.63) is 28.2 Å². The first-order valence-corrected chi connectivity index (χ1v) is 11.2. The maximum atomic E-state index is 13.3. The summed E-state index contributed by atoms with van der Waals surface area (Å²) in [6, 6.07) is 3.97. The van der Waals surface area contributed by atoms with Gasteiger partial charge in [0.1, 0.15) is 0 Å². The molecule has 1 heterocycles. The fourth-order valence-corrected chi connectivity index (χ4v) is 5.16. The lowest BCUT2D eigenvalue weighted by atomic mass is 10.2. The molecule has 3 N–H and O–H groups in total. The van der Waals surface area contributed by atoms with Crippen molar-refractivity contribution in [1.82, 2.24) is 14.5 Å². The van der Waals surface area contributed by atoms with Crippen molar-refractivity contribution in [2.75, 3.05) is 26.2 Å². The molecule has 2 amide bonds. The van der Waals surface area contributed by atoms with Crippen LogP contribution in [-0.4, -0.2) is 61.8 Å². The summed E-state index contributed by atoms with van der Waals surface area (Å²) >= 11 is 11.9. The van der Waals surface area contributed by atoms with Gasteiger partial charge in [0, 0.05) is 32.1 Å². The Labute approximate surface area is 174 Å². The first-order chi connectivity index (χ1) is 13.3. The summed E-state index contributed by atoms with van der Waals surface area (Å²) in [5.41, 5.74) is 5.45. The Bertz CT molecular complexity index is 876. The summed E-state index contributed by atoms with van der Waals surface area (Å²) < 4.78 is 27.6. The average molecular weight is 449 g/mol. The highest BCUT2D eigenvalue weighted by molar-refractivity contribution is 7.89. The van der Waals surface area contributed by atoms with Gasteiger partial charge >= 0.3 is 0 Å². The maximum absolute atomic E-state index is 13.3. The Morgan fingerprint density at radius 1 is 1.18 bits per heavy atom. The third-order valence-corrected chi connectivity index (χ3v) is 7.32. The molecule has 11 heteroatoms. The van der Waals surface area contributed by atoms with Gasteiger partial charge < -0.3 is 16.0 Å². The number of carbonyl (C=O) groups is 2. The van der Waals surface area contributed by atoms with Gasteiger partial charge in [-0.05, 0) is 37.5 Å². The second-order valence-electron chi connectivity index (χ2n) is 6.80. The van der Waals surface area contributed by atoms with E-state index in [0.717, 1.165) is 17.1 Å². The van der Waals surface area contributed by atoms with Gasteiger partial charge in [0.2, 0.25) is 15.9 Å². The Morgan fingerprint density at radius 3 is 2.50 bits per heavy atom. The normalized spacial score (nSPS) is 20.8.